The number of hydrogen-bond donors (Lipinski definition) is 0. The predicted octanol–water partition coefficient (Wildman–Crippen LogP) is 4.45. The Morgan fingerprint density at radius 1 is 1.12 bits per heavy atom. The molecule has 3 rings (SSSR count). The van der Waals surface area contributed by atoms with Crippen molar-refractivity contribution in [2.75, 3.05) is 44.9 Å². The minimum Gasteiger partial charge on any atom is -0.497 e. The number of methoxy groups -OCH3 is 1. The summed E-state index contributed by atoms with van der Waals surface area (Å²) in [6, 6.07) is 9.85. The molecule has 0 atom stereocenters. The van der Waals surface area contributed by atoms with E-state index in [2.05, 4.69) is 4.98 Å². The molecule has 180 valence electrons. The molecular formula is C22H27Cl2N3O4S2. The molecule has 0 aliphatic carbocycles. The number of aromatic nitrogens is 1. The van der Waals surface area contributed by atoms with Crippen LogP contribution in [0.3, 0.4) is 0 Å². The van der Waals surface area contributed by atoms with Crippen molar-refractivity contribution in [1.82, 2.24) is 9.88 Å². The molecule has 11 heteroatoms. The number of benzene rings is 2. The molecule has 0 aliphatic rings. The van der Waals surface area contributed by atoms with Gasteiger partial charge in [-0.2, -0.15) is 0 Å². The van der Waals surface area contributed by atoms with Crippen molar-refractivity contribution in [2.24, 2.45) is 0 Å². The van der Waals surface area contributed by atoms with Crippen molar-refractivity contribution in [3.8, 4) is 5.75 Å². The Kier molecular flexibility index (Phi) is 9.51. The normalized spacial score (nSPS) is 11.5. The standard InChI is InChI=1S/C22H26ClN3O4S2.ClH/c1-15-18(23)9-10-19-21(15)24-22(31-19)26(13-12-25(2)3)20(27)11-14-32(28,29)17-7-5-16(30-4)6-8-17;/h5-10H,11-14H2,1-4H3;1H. The first-order valence-corrected chi connectivity index (χ1v) is 12.8. The Labute approximate surface area is 209 Å². The van der Waals surface area contributed by atoms with E-state index < -0.39 is 9.84 Å². The number of anilines is 1. The quantitative estimate of drug-likeness (QED) is 0.405. The maximum Gasteiger partial charge on any atom is 0.229 e. The van der Waals surface area contributed by atoms with E-state index in [0.29, 0.717) is 29.0 Å². The Hall–Kier alpha value is -1.91. The monoisotopic (exact) mass is 531 g/mol. The van der Waals surface area contributed by atoms with Crippen LogP contribution >= 0.6 is 35.3 Å². The second-order valence-corrected chi connectivity index (χ2v) is 11.1. The zero-order valence-electron chi connectivity index (χ0n) is 18.9. The smallest absolute Gasteiger partial charge is 0.229 e. The van der Waals surface area contributed by atoms with Gasteiger partial charge < -0.3 is 9.64 Å². The number of ether oxygens (including phenoxy) is 1. The summed E-state index contributed by atoms with van der Waals surface area (Å²) < 4.78 is 31.5. The summed E-state index contributed by atoms with van der Waals surface area (Å²) in [5.41, 5.74) is 1.61. The van der Waals surface area contributed by atoms with Gasteiger partial charge >= 0.3 is 0 Å². The number of sulfone groups is 1. The van der Waals surface area contributed by atoms with Crippen molar-refractivity contribution in [3.63, 3.8) is 0 Å². The largest absolute Gasteiger partial charge is 0.497 e. The number of carbonyl (C=O) groups excluding carboxylic acids is 1. The minimum absolute atomic E-state index is 0. The molecule has 0 N–H and O–H groups in total. The molecule has 3 aromatic rings. The molecule has 0 saturated carbocycles. The van der Waals surface area contributed by atoms with Crippen LogP contribution in [0, 0.1) is 6.92 Å². The highest BCUT2D eigenvalue weighted by molar-refractivity contribution is 7.91. The first-order valence-electron chi connectivity index (χ1n) is 10.00. The summed E-state index contributed by atoms with van der Waals surface area (Å²) in [5, 5.41) is 1.16. The van der Waals surface area contributed by atoms with Gasteiger partial charge in [-0.3, -0.25) is 9.69 Å². The van der Waals surface area contributed by atoms with Gasteiger partial charge in [0.15, 0.2) is 15.0 Å². The van der Waals surface area contributed by atoms with Gasteiger partial charge in [-0.1, -0.05) is 22.9 Å². The lowest BCUT2D eigenvalue weighted by atomic mass is 10.2. The highest BCUT2D eigenvalue weighted by atomic mass is 35.5. The Morgan fingerprint density at radius 3 is 2.39 bits per heavy atom. The van der Waals surface area contributed by atoms with Gasteiger partial charge in [0.05, 0.1) is 28.0 Å². The highest BCUT2D eigenvalue weighted by Crippen LogP contribution is 2.33. The molecule has 0 saturated heterocycles. The third-order valence-corrected chi connectivity index (χ3v) is 8.23. The van der Waals surface area contributed by atoms with Gasteiger partial charge in [0, 0.05) is 24.5 Å². The van der Waals surface area contributed by atoms with Crippen molar-refractivity contribution in [1.29, 1.82) is 0 Å². The number of hydrogen-bond acceptors (Lipinski definition) is 7. The van der Waals surface area contributed by atoms with Crippen LogP contribution in [-0.2, 0) is 14.6 Å². The van der Waals surface area contributed by atoms with Crippen LogP contribution in [0.1, 0.15) is 12.0 Å². The van der Waals surface area contributed by atoms with Gasteiger partial charge in [0.25, 0.3) is 0 Å². The van der Waals surface area contributed by atoms with E-state index in [4.69, 9.17) is 16.3 Å². The second kappa shape index (κ2) is 11.5. The maximum atomic E-state index is 13.1. The van der Waals surface area contributed by atoms with Crippen molar-refractivity contribution < 1.29 is 17.9 Å². The molecule has 2 aromatic carbocycles. The second-order valence-electron chi connectivity index (χ2n) is 7.61. The van der Waals surface area contributed by atoms with Gasteiger partial charge in [-0.15, -0.1) is 12.4 Å². The lowest BCUT2D eigenvalue weighted by molar-refractivity contribution is -0.118. The van der Waals surface area contributed by atoms with Crippen LogP contribution < -0.4 is 9.64 Å². The number of halogens is 2. The van der Waals surface area contributed by atoms with E-state index in [0.717, 1.165) is 15.8 Å². The SMILES string of the molecule is COc1ccc(S(=O)(=O)CCC(=O)N(CCN(C)C)c2nc3c(C)c(Cl)ccc3s2)cc1.Cl. The van der Waals surface area contributed by atoms with Gasteiger partial charge in [0.1, 0.15) is 5.75 Å². The first kappa shape index (κ1) is 27.3. The summed E-state index contributed by atoms with van der Waals surface area (Å²) in [6.45, 7) is 2.91. The fourth-order valence-corrected chi connectivity index (χ4v) is 5.54. The van der Waals surface area contributed by atoms with E-state index >= 15 is 0 Å². The fraction of sp³-hybridized carbons (Fsp3) is 0.364. The predicted molar refractivity (Wildman–Crippen MR) is 137 cm³/mol. The van der Waals surface area contributed by atoms with Crippen LogP contribution in [0.25, 0.3) is 10.2 Å². The summed E-state index contributed by atoms with van der Waals surface area (Å²) >= 11 is 7.62. The molecular weight excluding hydrogens is 505 g/mol. The molecule has 7 nitrogen and oxygen atoms in total. The first-order chi connectivity index (χ1) is 15.1. The number of aryl methyl sites for hydroxylation is 1. The van der Waals surface area contributed by atoms with E-state index in [9.17, 15) is 13.2 Å². The number of nitrogens with zero attached hydrogens (tertiary/aromatic N) is 3. The van der Waals surface area contributed by atoms with Gasteiger partial charge in [-0.05, 0) is 63.0 Å². The summed E-state index contributed by atoms with van der Waals surface area (Å²) in [7, 11) is 1.74. The molecule has 1 aromatic heterocycles. The van der Waals surface area contributed by atoms with E-state index in [1.54, 1.807) is 17.0 Å². The van der Waals surface area contributed by atoms with E-state index in [-0.39, 0.29) is 35.4 Å². The Balaban J connectivity index is 0.00000385. The number of carbonyl (C=O) groups is 1. The van der Waals surface area contributed by atoms with E-state index in [1.165, 1.54) is 30.6 Å². The number of thiazole rings is 1. The number of amides is 1. The molecule has 0 bridgehead atoms. The molecule has 0 spiro atoms. The van der Waals surface area contributed by atoms with Gasteiger partial charge in [0.2, 0.25) is 5.91 Å². The van der Waals surface area contributed by atoms with Crippen LogP contribution in [0.15, 0.2) is 41.3 Å². The lowest BCUT2D eigenvalue weighted by Gasteiger charge is -2.22. The molecule has 0 aliphatic heterocycles. The van der Waals surface area contributed by atoms with Crippen LogP contribution in [0.5, 0.6) is 5.75 Å². The molecule has 1 amide bonds. The summed E-state index contributed by atoms with van der Waals surface area (Å²) in [4.78, 5) is 21.5. The highest BCUT2D eigenvalue weighted by Gasteiger charge is 2.24. The van der Waals surface area contributed by atoms with Gasteiger partial charge in [-0.25, -0.2) is 13.4 Å². The third-order valence-electron chi connectivity index (χ3n) is 5.04. The molecule has 0 radical (unpaired) electrons. The summed E-state index contributed by atoms with van der Waals surface area (Å²) in [6.07, 6.45) is -0.141. The number of fused-ring (bicyclic) bond motifs is 1. The zero-order valence-corrected chi connectivity index (χ0v) is 22.1. The topological polar surface area (TPSA) is 79.8 Å². The average molecular weight is 533 g/mol. The molecule has 0 fully saturated rings. The third kappa shape index (κ3) is 6.58. The molecule has 33 heavy (non-hydrogen) atoms. The van der Waals surface area contributed by atoms with E-state index in [1.807, 2.05) is 38.1 Å². The van der Waals surface area contributed by atoms with Crippen LogP contribution in [0.4, 0.5) is 5.13 Å². The van der Waals surface area contributed by atoms with Crippen LogP contribution in [-0.4, -0.2) is 64.3 Å². The van der Waals surface area contributed by atoms with Crippen LogP contribution in [0.2, 0.25) is 5.02 Å². The minimum atomic E-state index is -3.61. The fourth-order valence-electron chi connectivity index (χ4n) is 3.09. The maximum absolute atomic E-state index is 13.1. The summed E-state index contributed by atoms with van der Waals surface area (Å²) in [5.74, 6) is -0.000282. The van der Waals surface area contributed by atoms with Crippen molar-refractivity contribution in [2.45, 2.75) is 18.2 Å². The number of likely N-dealkylation sites (N-methyl/N-ethyl adjacent to an activating group) is 1. The van der Waals surface area contributed by atoms with Crippen molar-refractivity contribution in [3.05, 3.63) is 47.0 Å². The lowest BCUT2D eigenvalue weighted by Crippen LogP contribution is -2.37. The molecule has 0 unspecified atom stereocenters. The number of rotatable bonds is 9. The van der Waals surface area contributed by atoms with Crippen molar-refractivity contribution >= 4 is 66.4 Å². The Bertz CT molecular complexity index is 1210. The average Bonchev–Trinajstić information content (AvgIpc) is 3.19. The molecule has 1 heterocycles. The zero-order chi connectivity index (χ0) is 23.5. The Morgan fingerprint density at radius 2 is 1.79 bits per heavy atom.